The molecule has 0 aliphatic rings. The van der Waals surface area contributed by atoms with Gasteiger partial charge in [-0.3, -0.25) is 4.79 Å². The third-order valence-corrected chi connectivity index (χ3v) is 2.21. The van der Waals surface area contributed by atoms with Gasteiger partial charge in [0, 0.05) is 5.56 Å². The average molecular weight is 212 g/mol. The number of esters is 1. The second-order valence-corrected chi connectivity index (χ2v) is 3.13. The van der Waals surface area contributed by atoms with Gasteiger partial charge < -0.3 is 9.47 Å². The SMILES string of the molecule is COC(=O)C(C)c1cc(F)ccc1OC. The summed E-state index contributed by atoms with van der Waals surface area (Å²) < 4.78 is 22.6. The zero-order valence-electron chi connectivity index (χ0n) is 8.91. The molecule has 0 amide bonds. The number of ether oxygens (including phenoxy) is 2. The molecule has 4 heteroatoms. The molecule has 0 heterocycles. The molecule has 0 aliphatic heterocycles. The van der Waals surface area contributed by atoms with E-state index in [0.717, 1.165) is 0 Å². The summed E-state index contributed by atoms with van der Waals surface area (Å²) in [6.07, 6.45) is 0. The van der Waals surface area contributed by atoms with Crippen LogP contribution in [0.15, 0.2) is 18.2 Å². The van der Waals surface area contributed by atoms with Gasteiger partial charge in [-0.1, -0.05) is 0 Å². The topological polar surface area (TPSA) is 35.5 Å². The van der Waals surface area contributed by atoms with Crippen LogP contribution in [-0.4, -0.2) is 20.2 Å². The zero-order valence-corrected chi connectivity index (χ0v) is 8.91. The number of hydrogen-bond donors (Lipinski definition) is 0. The predicted octanol–water partition coefficient (Wildman–Crippen LogP) is 2.11. The molecule has 0 aromatic heterocycles. The number of hydrogen-bond acceptors (Lipinski definition) is 3. The van der Waals surface area contributed by atoms with Gasteiger partial charge in [-0.25, -0.2) is 4.39 Å². The second kappa shape index (κ2) is 4.77. The van der Waals surface area contributed by atoms with Crippen LogP contribution < -0.4 is 4.74 Å². The van der Waals surface area contributed by atoms with Crippen molar-refractivity contribution in [3.05, 3.63) is 29.6 Å². The number of carbonyl (C=O) groups is 1. The Kier molecular flexibility index (Phi) is 3.66. The molecular formula is C11H13FO3. The van der Waals surface area contributed by atoms with Gasteiger partial charge in [0.1, 0.15) is 11.6 Å². The van der Waals surface area contributed by atoms with Crippen LogP contribution >= 0.6 is 0 Å². The molecule has 0 aliphatic carbocycles. The van der Waals surface area contributed by atoms with Crippen molar-refractivity contribution in [2.75, 3.05) is 14.2 Å². The molecule has 0 radical (unpaired) electrons. The third kappa shape index (κ3) is 2.46. The highest BCUT2D eigenvalue weighted by atomic mass is 19.1. The lowest BCUT2D eigenvalue weighted by atomic mass is 10.0. The van der Waals surface area contributed by atoms with Crippen LogP contribution in [0.1, 0.15) is 18.4 Å². The van der Waals surface area contributed by atoms with Gasteiger partial charge in [0.05, 0.1) is 20.1 Å². The molecule has 0 N–H and O–H groups in total. The Morgan fingerprint density at radius 1 is 1.40 bits per heavy atom. The Hall–Kier alpha value is -1.58. The summed E-state index contributed by atoms with van der Waals surface area (Å²) in [6, 6.07) is 4.05. The summed E-state index contributed by atoms with van der Waals surface area (Å²) in [5.74, 6) is -0.879. The molecule has 1 unspecified atom stereocenters. The van der Waals surface area contributed by atoms with E-state index in [1.54, 1.807) is 6.92 Å². The number of carbonyl (C=O) groups excluding carboxylic acids is 1. The lowest BCUT2D eigenvalue weighted by molar-refractivity contribution is -0.142. The van der Waals surface area contributed by atoms with Crippen molar-refractivity contribution in [3.63, 3.8) is 0 Å². The lowest BCUT2D eigenvalue weighted by Crippen LogP contribution is -2.12. The van der Waals surface area contributed by atoms with Gasteiger partial charge in [-0.2, -0.15) is 0 Å². The van der Waals surface area contributed by atoms with E-state index in [0.29, 0.717) is 11.3 Å². The van der Waals surface area contributed by atoms with E-state index in [4.69, 9.17) is 4.74 Å². The van der Waals surface area contributed by atoms with Gasteiger partial charge in [-0.15, -0.1) is 0 Å². The largest absolute Gasteiger partial charge is 0.496 e. The first-order valence-electron chi connectivity index (χ1n) is 4.51. The molecule has 82 valence electrons. The van der Waals surface area contributed by atoms with E-state index >= 15 is 0 Å². The first-order chi connectivity index (χ1) is 7.10. The van der Waals surface area contributed by atoms with Crippen LogP contribution in [0.4, 0.5) is 4.39 Å². The smallest absolute Gasteiger partial charge is 0.312 e. The van der Waals surface area contributed by atoms with E-state index in [2.05, 4.69) is 4.74 Å². The highest BCUT2D eigenvalue weighted by Crippen LogP contribution is 2.27. The first kappa shape index (κ1) is 11.5. The van der Waals surface area contributed by atoms with Gasteiger partial charge in [0.15, 0.2) is 0 Å². The monoisotopic (exact) mass is 212 g/mol. The van der Waals surface area contributed by atoms with Crippen molar-refractivity contribution in [3.8, 4) is 5.75 Å². The molecule has 0 fully saturated rings. The normalized spacial score (nSPS) is 12.0. The molecule has 0 bridgehead atoms. The Morgan fingerprint density at radius 2 is 2.07 bits per heavy atom. The molecule has 3 nitrogen and oxygen atoms in total. The Bertz CT molecular complexity index is 363. The quantitative estimate of drug-likeness (QED) is 0.720. The van der Waals surface area contributed by atoms with Crippen LogP contribution in [0.2, 0.25) is 0 Å². The molecule has 0 spiro atoms. The fraction of sp³-hybridized carbons (Fsp3) is 0.364. The van der Waals surface area contributed by atoms with Crippen molar-refractivity contribution in [2.45, 2.75) is 12.8 Å². The summed E-state index contributed by atoms with van der Waals surface area (Å²) in [6.45, 7) is 1.64. The van der Waals surface area contributed by atoms with Crippen LogP contribution in [0, 0.1) is 5.82 Å². The fourth-order valence-electron chi connectivity index (χ4n) is 1.35. The minimum absolute atomic E-state index is 0.401. The standard InChI is InChI=1S/C11H13FO3/c1-7(11(13)15-3)9-6-8(12)4-5-10(9)14-2/h4-7H,1-3H3. The highest BCUT2D eigenvalue weighted by molar-refractivity contribution is 5.78. The molecule has 0 saturated heterocycles. The van der Waals surface area contributed by atoms with Gasteiger partial charge in [0.2, 0.25) is 0 Å². The molecule has 0 saturated carbocycles. The minimum Gasteiger partial charge on any atom is -0.496 e. The maximum Gasteiger partial charge on any atom is 0.312 e. The minimum atomic E-state index is -0.541. The zero-order chi connectivity index (χ0) is 11.4. The van der Waals surface area contributed by atoms with E-state index < -0.39 is 17.7 Å². The van der Waals surface area contributed by atoms with Crippen LogP contribution in [-0.2, 0) is 9.53 Å². The van der Waals surface area contributed by atoms with Gasteiger partial charge in [0.25, 0.3) is 0 Å². The van der Waals surface area contributed by atoms with Crippen molar-refractivity contribution >= 4 is 5.97 Å². The van der Waals surface area contributed by atoms with Crippen LogP contribution in [0.25, 0.3) is 0 Å². The van der Waals surface area contributed by atoms with E-state index in [1.165, 1.54) is 32.4 Å². The average Bonchev–Trinajstić information content (AvgIpc) is 2.27. The summed E-state index contributed by atoms with van der Waals surface area (Å²) >= 11 is 0. The van der Waals surface area contributed by atoms with Crippen LogP contribution in [0.3, 0.4) is 0 Å². The van der Waals surface area contributed by atoms with E-state index in [9.17, 15) is 9.18 Å². The maximum atomic E-state index is 13.0. The van der Waals surface area contributed by atoms with Gasteiger partial charge >= 0.3 is 5.97 Å². The Labute approximate surface area is 87.8 Å². The molecule has 1 rings (SSSR count). The van der Waals surface area contributed by atoms with E-state index in [1.807, 2.05) is 0 Å². The van der Waals surface area contributed by atoms with E-state index in [-0.39, 0.29) is 0 Å². The van der Waals surface area contributed by atoms with Crippen molar-refractivity contribution in [2.24, 2.45) is 0 Å². The summed E-state index contributed by atoms with van der Waals surface area (Å²) in [7, 11) is 2.77. The van der Waals surface area contributed by atoms with Gasteiger partial charge in [-0.05, 0) is 25.1 Å². The Balaban J connectivity index is 3.10. The molecular weight excluding hydrogens is 199 g/mol. The number of methoxy groups -OCH3 is 2. The summed E-state index contributed by atoms with van der Waals surface area (Å²) in [5, 5.41) is 0. The lowest BCUT2D eigenvalue weighted by Gasteiger charge is -2.13. The summed E-state index contributed by atoms with van der Waals surface area (Å²) in [4.78, 5) is 11.3. The first-order valence-corrected chi connectivity index (χ1v) is 4.51. The summed E-state index contributed by atoms with van der Waals surface area (Å²) in [5.41, 5.74) is 0.490. The molecule has 1 atom stereocenters. The molecule has 1 aromatic rings. The van der Waals surface area contributed by atoms with Crippen molar-refractivity contribution in [1.82, 2.24) is 0 Å². The molecule has 15 heavy (non-hydrogen) atoms. The second-order valence-electron chi connectivity index (χ2n) is 3.13. The molecule has 1 aromatic carbocycles. The predicted molar refractivity (Wildman–Crippen MR) is 53.4 cm³/mol. The number of halogens is 1. The third-order valence-electron chi connectivity index (χ3n) is 2.21. The van der Waals surface area contributed by atoms with Crippen LogP contribution in [0.5, 0.6) is 5.75 Å². The number of benzene rings is 1. The Morgan fingerprint density at radius 3 is 2.60 bits per heavy atom. The van der Waals surface area contributed by atoms with Crippen molar-refractivity contribution < 1.29 is 18.7 Å². The fourth-order valence-corrected chi connectivity index (χ4v) is 1.35. The maximum absolute atomic E-state index is 13.0. The number of rotatable bonds is 3. The highest BCUT2D eigenvalue weighted by Gasteiger charge is 2.20. The van der Waals surface area contributed by atoms with Crippen molar-refractivity contribution in [1.29, 1.82) is 0 Å².